The quantitative estimate of drug-likeness (QED) is 0.811. The molecule has 1 N–H and O–H groups in total. The summed E-state index contributed by atoms with van der Waals surface area (Å²) >= 11 is 0. The zero-order valence-corrected chi connectivity index (χ0v) is 11.1. The lowest BCUT2D eigenvalue weighted by atomic mass is 9.53. The second-order valence-corrected chi connectivity index (χ2v) is 7.19. The molecule has 4 saturated carbocycles. The van der Waals surface area contributed by atoms with Crippen molar-refractivity contribution in [3.8, 4) is 6.07 Å². The van der Waals surface area contributed by atoms with Crippen molar-refractivity contribution in [1.29, 1.82) is 5.26 Å². The summed E-state index contributed by atoms with van der Waals surface area (Å²) in [5, 5.41) is 13.0. The third-order valence-electron chi connectivity index (χ3n) is 5.31. The van der Waals surface area contributed by atoms with E-state index in [1.807, 2.05) is 0 Å². The molecule has 4 aliphatic carbocycles. The first-order valence-corrected chi connectivity index (χ1v) is 7.27. The highest BCUT2D eigenvalue weighted by Crippen LogP contribution is 2.55. The summed E-state index contributed by atoms with van der Waals surface area (Å²) in [4.78, 5) is 0. The van der Waals surface area contributed by atoms with Crippen molar-refractivity contribution < 1.29 is 0 Å². The molecular weight excluding hydrogens is 208 g/mol. The lowest BCUT2D eigenvalue weighted by Crippen LogP contribution is -2.61. The number of nitriles is 1. The zero-order valence-electron chi connectivity index (χ0n) is 11.1. The smallest absolute Gasteiger partial charge is 0.0980 e. The third kappa shape index (κ3) is 1.99. The van der Waals surface area contributed by atoms with Gasteiger partial charge < -0.3 is 0 Å². The zero-order chi connectivity index (χ0) is 12.0. The number of hydrogen-bond donors (Lipinski definition) is 1. The number of nitrogens with one attached hydrogen (secondary N) is 1. The van der Waals surface area contributed by atoms with Crippen LogP contribution in [0.2, 0.25) is 0 Å². The fourth-order valence-corrected chi connectivity index (χ4v) is 4.97. The van der Waals surface area contributed by atoms with E-state index in [2.05, 4.69) is 25.2 Å². The molecule has 0 amide bonds. The van der Waals surface area contributed by atoms with E-state index in [1.54, 1.807) is 0 Å². The predicted octanol–water partition coefficient (Wildman–Crippen LogP) is 3.09. The van der Waals surface area contributed by atoms with Gasteiger partial charge in [0.2, 0.25) is 0 Å². The van der Waals surface area contributed by atoms with E-state index >= 15 is 0 Å². The van der Waals surface area contributed by atoms with E-state index in [4.69, 9.17) is 0 Å². The Morgan fingerprint density at radius 3 is 1.88 bits per heavy atom. The molecule has 1 atom stereocenters. The maximum Gasteiger partial charge on any atom is 0.0980 e. The molecule has 17 heavy (non-hydrogen) atoms. The van der Waals surface area contributed by atoms with Gasteiger partial charge in [0.25, 0.3) is 0 Å². The second kappa shape index (κ2) is 3.99. The maximum atomic E-state index is 9.29. The Morgan fingerprint density at radius 2 is 1.53 bits per heavy atom. The summed E-state index contributed by atoms with van der Waals surface area (Å²) in [6.07, 6.45) is 8.43. The average molecular weight is 232 g/mol. The van der Waals surface area contributed by atoms with Crippen LogP contribution >= 0.6 is 0 Å². The van der Waals surface area contributed by atoms with Crippen LogP contribution in [0.4, 0.5) is 0 Å². The van der Waals surface area contributed by atoms with Crippen molar-refractivity contribution in [2.45, 2.75) is 64.0 Å². The summed E-state index contributed by atoms with van der Waals surface area (Å²) in [6, 6.07) is 2.51. The molecule has 94 valence electrons. The van der Waals surface area contributed by atoms with E-state index < -0.39 is 0 Å². The van der Waals surface area contributed by atoms with Crippen molar-refractivity contribution in [2.75, 3.05) is 0 Å². The topological polar surface area (TPSA) is 35.8 Å². The molecule has 4 bridgehead atoms. The Kier molecular flexibility index (Phi) is 2.70. The van der Waals surface area contributed by atoms with Gasteiger partial charge in [0.05, 0.1) is 12.1 Å². The Balaban J connectivity index is 1.76. The Hall–Kier alpha value is -0.550. The first-order chi connectivity index (χ1) is 8.10. The summed E-state index contributed by atoms with van der Waals surface area (Å²) in [6.45, 7) is 4.31. The lowest BCUT2D eigenvalue weighted by molar-refractivity contribution is -0.0245. The van der Waals surface area contributed by atoms with Crippen LogP contribution in [-0.2, 0) is 0 Å². The molecule has 4 rings (SSSR count). The van der Waals surface area contributed by atoms with Crippen molar-refractivity contribution in [2.24, 2.45) is 23.7 Å². The standard InChI is InChI=1S/C15H24N2/c1-10(2)14(9-16)17-15-6-11-3-12(7-15)5-13(4-11)8-15/h10-14,17H,3-8H2,1-2H3. The highest BCUT2D eigenvalue weighted by Gasteiger charge is 2.51. The van der Waals surface area contributed by atoms with Crippen LogP contribution in [0.25, 0.3) is 0 Å². The van der Waals surface area contributed by atoms with Crippen LogP contribution < -0.4 is 5.32 Å². The highest BCUT2D eigenvalue weighted by atomic mass is 15.0. The number of nitrogens with zero attached hydrogens (tertiary/aromatic N) is 1. The van der Waals surface area contributed by atoms with Crippen molar-refractivity contribution in [3.63, 3.8) is 0 Å². The van der Waals surface area contributed by atoms with Crippen molar-refractivity contribution >= 4 is 0 Å². The highest BCUT2D eigenvalue weighted by molar-refractivity contribution is 5.09. The molecule has 0 saturated heterocycles. The molecule has 4 aliphatic rings. The summed E-state index contributed by atoms with van der Waals surface area (Å²) < 4.78 is 0. The summed E-state index contributed by atoms with van der Waals surface area (Å²) in [5.41, 5.74) is 0.333. The minimum atomic E-state index is 0.0475. The number of hydrogen-bond acceptors (Lipinski definition) is 2. The molecular formula is C15H24N2. The SMILES string of the molecule is CC(C)C(C#N)NC12CC3CC(CC(C3)C1)C2. The van der Waals surface area contributed by atoms with Crippen molar-refractivity contribution in [3.05, 3.63) is 0 Å². The van der Waals surface area contributed by atoms with Gasteiger partial charge in [-0.1, -0.05) is 13.8 Å². The molecule has 0 aliphatic heterocycles. The van der Waals surface area contributed by atoms with Crippen LogP contribution in [-0.4, -0.2) is 11.6 Å². The fourth-order valence-electron chi connectivity index (χ4n) is 4.97. The molecule has 0 spiro atoms. The number of rotatable bonds is 3. The van der Waals surface area contributed by atoms with Gasteiger partial charge in [0.15, 0.2) is 0 Å². The van der Waals surface area contributed by atoms with Crippen molar-refractivity contribution in [1.82, 2.24) is 5.32 Å². The normalized spacial score (nSPS) is 44.9. The molecule has 0 heterocycles. The predicted molar refractivity (Wildman–Crippen MR) is 68.3 cm³/mol. The first kappa shape index (κ1) is 11.5. The van der Waals surface area contributed by atoms with Gasteiger partial charge >= 0.3 is 0 Å². The van der Waals surface area contributed by atoms with E-state index in [9.17, 15) is 5.26 Å². The third-order valence-corrected chi connectivity index (χ3v) is 5.31. The lowest BCUT2D eigenvalue weighted by Gasteiger charge is -2.57. The van der Waals surface area contributed by atoms with Gasteiger partial charge in [-0.15, -0.1) is 0 Å². The first-order valence-electron chi connectivity index (χ1n) is 7.27. The minimum absolute atomic E-state index is 0.0475. The van der Waals surface area contributed by atoms with E-state index in [0.29, 0.717) is 11.5 Å². The molecule has 0 aromatic carbocycles. The van der Waals surface area contributed by atoms with Gasteiger partial charge in [-0.3, -0.25) is 5.32 Å². The van der Waals surface area contributed by atoms with E-state index in [0.717, 1.165) is 17.8 Å². The largest absolute Gasteiger partial charge is 0.296 e. The Bertz CT molecular complexity index is 304. The van der Waals surface area contributed by atoms with Crippen LogP contribution in [0.1, 0.15) is 52.4 Å². The van der Waals surface area contributed by atoms with Gasteiger partial charge in [0, 0.05) is 5.54 Å². The Labute approximate surface area is 105 Å². The van der Waals surface area contributed by atoms with Gasteiger partial charge in [-0.25, -0.2) is 0 Å². The molecule has 2 heteroatoms. The van der Waals surface area contributed by atoms with Gasteiger partial charge in [0.1, 0.15) is 0 Å². The van der Waals surface area contributed by atoms with Gasteiger partial charge in [-0.05, 0) is 62.2 Å². The minimum Gasteiger partial charge on any atom is -0.296 e. The van der Waals surface area contributed by atoms with Crippen LogP contribution in [0.15, 0.2) is 0 Å². The molecule has 2 nitrogen and oxygen atoms in total. The molecule has 0 aromatic rings. The van der Waals surface area contributed by atoms with Crippen LogP contribution in [0, 0.1) is 35.0 Å². The molecule has 0 radical (unpaired) electrons. The monoisotopic (exact) mass is 232 g/mol. The molecule has 0 aromatic heterocycles. The summed E-state index contributed by atoms with van der Waals surface area (Å²) in [5.74, 6) is 3.30. The summed E-state index contributed by atoms with van der Waals surface area (Å²) in [7, 11) is 0. The second-order valence-electron chi connectivity index (χ2n) is 7.19. The average Bonchev–Trinajstić information content (AvgIpc) is 2.23. The fraction of sp³-hybridized carbons (Fsp3) is 0.933. The van der Waals surface area contributed by atoms with Crippen LogP contribution in [0.5, 0.6) is 0 Å². The Morgan fingerprint density at radius 1 is 1.06 bits per heavy atom. The maximum absolute atomic E-state index is 9.29. The van der Waals surface area contributed by atoms with E-state index in [1.165, 1.54) is 38.5 Å². The van der Waals surface area contributed by atoms with Crippen LogP contribution in [0.3, 0.4) is 0 Å². The molecule has 1 unspecified atom stereocenters. The van der Waals surface area contributed by atoms with Gasteiger partial charge in [-0.2, -0.15) is 5.26 Å². The van der Waals surface area contributed by atoms with E-state index in [-0.39, 0.29) is 6.04 Å². The molecule has 4 fully saturated rings.